The Morgan fingerprint density at radius 2 is 1.75 bits per heavy atom. The van der Waals surface area contributed by atoms with Crippen LogP contribution >= 0.6 is 12.4 Å². The van der Waals surface area contributed by atoms with E-state index in [2.05, 4.69) is 30.8 Å². The molecular weight excluding hydrogens is 322 g/mol. The summed E-state index contributed by atoms with van der Waals surface area (Å²) < 4.78 is 0. The fourth-order valence-corrected chi connectivity index (χ4v) is 2.76. The van der Waals surface area contributed by atoms with Gasteiger partial charge in [-0.25, -0.2) is 0 Å². The highest BCUT2D eigenvalue weighted by molar-refractivity contribution is 6.03. The standard InChI is InChI=1S/C19H21N3O.ClH/c1-13-8-10-14(11-9-13)18(23)22-21-17-16-7-5-4-6-15(16)12-19(2,3)20-17;/h4-11H,12H2,1-3H3,(H,20,21)(H,22,23);1H. The zero-order valence-corrected chi connectivity index (χ0v) is 14.9. The van der Waals surface area contributed by atoms with Crippen LogP contribution in [-0.2, 0) is 6.42 Å². The van der Waals surface area contributed by atoms with Gasteiger partial charge >= 0.3 is 0 Å². The molecule has 4 nitrogen and oxygen atoms in total. The number of amides is 1. The summed E-state index contributed by atoms with van der Waals surface area (Å²) in [5, 5.41) is 0. The molecule has 126 valence electrons. The third kappa shape index (κ3) is 3.95. The third-order valence-corrected chi connectivity index (χ3v) is 3.92. The molecule has 1 aliphatic heterocycles. The topological polar surface area (TPSA) is 53.5 Å². The molecule has 2 aromatic rings. The molecule has 0 aromatic heterocycles. The number of hydrogen-bond acceptors (Lipinski definition) is 3. The summed E-state index contributed by atoms with van der Waals surface area (Å²) >= 11 is 0. The van der Waals surface area contributed by atoms with E-state index in [0.29, 0.717) is 11.4 Å². The normalized spacial score (nSPS) is 14.7. The number of carbonyl (C=O) groups is 1. The molecule has 0 fully saturated rings. The van der Waals surface area contributed by atoms with Crippen molar-refractivity contribution in [2.24, 2.45) is 4.99 Å². The summed E-state index contributed by atoms with van der Waals surface area (Å²) in [5.74, 6) is 0.533. The zero-order valence-electron chi connectivity index (χ0n) is 14.1. The van der Waals surface area contributed by atoms with Crippen LogP contribution in [0, 0.1) is 6.92 Å². The molecule has 1 heterocycles. The smallest absolute Gasteiger partial charge is 0.269 e. The quantitative estimate of drug-likeness (QED) is 0.779. The summed E-state index contributed by atoms with van der Waals surface area (Å²) in [4.78, 5) is 17.0. The second kappa shape index (κ2) is 7.05. The van der Waals surface area contributed by atoms with Crippen LogP contribution in [0.3, 0.4) is 0 Å². The number of aryl methyl sites for hydroxylation is 1. The fourth-order valence-electron chi connectivity index (χ4n) is 2.76. The lowest BCUT2D eigenvalue weighted by molar-refractivity contribution is 0.0943. The molecule has 0 saturated carbocycles. The van der Waals surface area contributed by atoms with Gasteiger partial charge in [-0.1, -0.05) is 42.0 Å². The fraction of sp³-hybridized carbons (Fsp3) is 0.263. The van der Waals surface area contributed by atoms with Gasteiger partial charge in [0.15, 0.2) is 0 Å². The van der Waals surface area contributed by atoms with Crippen molar-refractivity contribution in [1.82, 2.24) is 10.9 Å². The largest absolute Gasteiger partial charge is 0.281 e. The van der Waals surface area contributed by atoms with E-state index >= 15 is 0 Å². The molecule has 0 unspecified atom stereocenters. The molecule has 0 radical (unpaired) electrons. The molecule has 1 amide bonds. The number of halogens is 1. The van der Waals surface area contributed by atoms with Gasteiger partial charge in [0, 0.05) is 11.1 Å². The zero-order chi connectivity index (χ0) is 16.4. The summed E-state index contributed by atoms with van der Waals surface area (Å²) in [6.45, 7) is 6.18. The Kier molecular flexibility index (Phi) is 5.30. The first-order valence-corrected chi connectivity index (χ1v) is 7.76. The van der Waals surface area contributed by atoms with Gasteiger partial charge in [0.1, 0.15) is 5.84 Å². The third-order valence-electron chi connectivity index (χ3n) is 3.92. The van der Waals surface area contributed by atoms with Crippen molar-refractivity contribution in [2.75, 3.05) is 0 Å². The van der Waals surface area contributed by atoms with Crippen molar-refractivity contribution < 1.29 is 4.79 Å². The molecular formula is C19H22ClN3O. The molecule has 1 aliphatic rings. The first kappa shape index (κ1) is 18.0. The Hall–Kier alpha value is -2.33. The Bertz CT molecular complexity index is 766. The van der Waals surface area contributed by atoms with Crippen molar-refractivity contribution in [3.05, 3.63) is 70.8 Å². The van der Waals surface area contributed by atoms with E-state index in [1.54, 1.807) is 0 Å². The summed E-state index contributed by atoms with van der Waals surface area (Å²) in [7, 11) is 0. The number of nitrogens with one attached hydrogen (secondary N) is 2. The first-order chi connectivity index (χ1) is 10.9. The van der Waals surface area contributed by atoms with Crippen molar-refractivity contribution in [2.45, 2.75) is 32.7 Å². The van der Waals surface area contributed by atoms with Crippen molar-refractivity contribution in [1.29, 1.82) is 0 Å². The molecule has 0 spiro atoms. The number of amidine groups is 1. The lowest BCUT2D eigenvalue weighted by atomic mass is 9.89. The highest BCUT2D eigenvalue weighted by Crippen LogP contribution is 2.25. The average Bonchev–Trinajstić information content (AvgIpc) is 2.52. The molecule has 0 atom stereocenters. The number of nitrogens with zero attached hydrogens (tertiary/aromatic N) is 1. The molecule has 5 heteroatoms. The Labute approximate surface area is 148 Å². The predicted molar refractivity (Wildman–Crippen MR) is 99.8 cm³/mol. The predicted octanol–water partition coefficient (Wildman–Crippen LogP) is 3.43. The molecule has 3 rings (SSSR count). The lowest BCUT2D eigenvalue weighted by Crippen LogP contribution is -2.45. The van der Waals surface area contributed by atoms with Gasteiger partial charge in [-0.15, -0.1) is 12.4 Å². The SMILES string of the molecule is Cc1ccc(C(=O)NNC2=NC(C)(C)Cc3ccccc32)cc1.Cl. The van der Waals surface area contributed by atoms with E-state index in [-0.39, 0.29) is 23.9 Å². The van der Waals surface area contributed by atoms with E-state index in [4.69, 9.17) is 4.99 Å². The van der Waals surface area contributed by atoms with Crippen LogP contribution in [0.25, 0.3) is 0 Å². The molecule has 0 aliphatic carbocycles. The second-order valence-electron chi connectivity index (χ2n) is 6.55. The lowest BCUT2D eigenvalue weighted by Gasteiger charge is -2.29. The van der Waals surface area contributed by atoms with Crippen LogP contribution in [0.2, 0.25) is 0 Å². The van der Waals surface area contributed by atoms with E-state index in [0.717, 1.165) is 17.5 Å². The van der Waals surface area contributed by atoms with Crippen LogP contribution in [0.1, 0.15) is 40.9 Å². The first-order valence-electron chi connectivity index (χ1n) is 7.76. The monoisotopic (exact) mass is 343 g/mol. The van der Waals surface area contributed by atoms with E-state index in [1.807, 2.05) is 49.4 Å². The average molecular weight is 344 g/mol. The van der Waals surface area contributed by atoms with Gasteiger partial charge in [0.05, 0.1) is 5.54 Å². The second-order valence-corrected chi connectivity index (χ2v) is 6.55. The molecule has 24 heavy (non-hydrogen) atoms. The minimum atomic E-state index is -0.189. The number of hydrazine groups is 1. The highest BCUT2D eigenvalue weighted by atomic mass is 35.5. The van der Waals surface area contributed by atoms with Crippen LogP contribution in [0.4, 0.5) is 0 Å². The van der Waals surface area contributed by atoms with Crippen LogP contribution < -0.4 is 10.9 Å². The van der Waals surface area contributed by atoms with Crippen LogP contribution in [0.15, 0.2) is 53.5 Å². The van der Waals surface area contributed by atoms with Gasteiger partial charge in [-0.2, -0.15) is 0 Å². The number of hydrogen-bond donors (Lipinski definition) is 2. The number of aliphatic imine (C=N–C) groups is 1. The van der Waals surface area contributed by atoms with Crippen LogP contribution in [-0.4, -0.2) is 17.3 Å². The van der Waals surface area contributed by atoms with E-state index in [9.17, 15) is 4.79 Å². The summed E-state index contributed by atoms with van der Waals surface area (Å²) in [6, 6.07) is 15.6. The van der Waals surface area contributed by atoms with E-state index < -0.39 is 0 Å². The minimum Gasteiger partial charge on any atom is -0.281 e. The Morgan fingerprint density at radius 3 is 2.46 bits per heavy atom. The van der Waals surface area contributed by atoms with Crippen LogP contribution in [0.5, 0.6) is 0 Å². The van der Waals surface area contributed by atoms with Gasteiger partial charge in [-0.3, -0.25) is 20.6 Å². The van der Waals surface area contributed by atoms with E-state index in [1.165, 1.54) is 5.56 Å². The van der Waals surface area contributed by atoms with Gasteiger partial charge < -0.3 is 0 Å². The number of benzene rings is 2. The molecule has 2 aromatic carbocycles. The molecule has 0 saturated heterocycles. The number of carbonyl (C=O) groups excluding carboxylic acids is 1. The van der Waals surface area contributed by atoms with Gasteiger partial charge in [0.25, 0.3) is 5.91 Å². The van der Waals surface area contributed by atoms with Crippen molar-refractivity contribution >= 4 is 24.1 Å². The summed E-state index contributed by atoms with van der Waals surface area (Å²) in [5.41, 5.74) is 9.57. The van der Waals surface area contributed by atoms with Gasteiger partial charge in [0.2, 0.25) is 0 Å². The maximum Gasteiger partial charge on any atom is 0.269 e. The molecule has 2 N–H and O–H groups in total. The maximum atomic E-state index is 12.2. The highest BCUT2D eigenvalue weighted by Gasteiger charge is 2.26. The van der Waals surface area contributed by atoms with Gasteiger partial charge in [-0.05, 0) is 44.9 Å². The minimum absolute atomic E-state index is 0. The molecule has 0 bridgehead atoms. The van der Waals surface area contributed by atoms with Crippen molar-refractivity contribution in [3.63, 3.8) is 0 Å². The van der Waals surface area contributed by atoms with Crippen molar-refractivity contribution in [3.8, 4) is 0 Å². The number of fused-ring (bicyclic) bond motifs is 1. The number of rotatable bonds is 1. The maximum absolute atomic E-state index is 12.2. The Morgan fingerprint density at radius 1 is 1.08 bits per heavy atom. The Balaban J connectivity index is 0.00000208. The summed E-state index contributed by atoms with van der Waals surface area (Å²) in [6.07, 6.45) is 0.889.